The van der Waals surface area contributed by atoms with Crippen LogP contribution in [0.5, 0.6) is 0 Å². The highest BCUT2D eigenvalue weighted by atomic mass is 14.8. The largest absolute Gasteiger partial charge is 0.361 e. The van der Waals surface area contributed by atoms with Crippen molar-refractivity contribution >= 4 is 22.7 Å². The predicted molar refractivity (Wildman–Crippen MR) is 91.2 cm³/mol. The van der Waals surface area contributed by atoms with Crippen molar-refractivity contribution < 1.29 is 0 Å². The van der Waals surface area contributed by atoms with E-state index in [-0.39, 0.29) is 0 Å². The lowest BCUT2D eigenvalue weighted by molar-refractivity contribution is 0.818. The Labute approximate surface area is 129 Å². The number of aromatic nitrogens is 2. The Bertz CT molecular complexity index is 857. The quantitative estimate of drug-likeness (QED) is 0.753. The van der Waals surface area contributed by atoms with Crippen molar-refractivity contribution in [1.82, 2.24) is 9.97 Å². The van der Waals surface area contributed by atoms with Crippen LogP contribution in [0.4, 0.5) is 0 Å². The van der Waals surface area contributed by atoms with E-state index in [1.807, 2.05) is 18.5 Å². The zero-order valence-corrected chi connectivity index (χ0v) is 12.3. The number of nitrogens with zero attached hydrogens (tertiary/aromatic N) is 2. The molecule has 0 fully saturated rings. The molecule has 108 valence electrons. The van der Waals surface area contributed by atoms with Crippen LogP contribution in [0.15, 0.2) is 65.6 Å². The van der Waals surface area contributed by atoms with Crippen molar-refractivity contribution in [2.45, 2.75) is 12.8 Å². The summed E-state index contributed by atoms with van der Waals surface area (Å²) < 4.78 is 0. The van der Waals surface area contributed by atoms with Gasteiger partial charge in [-0.05, 0) is 54.3 Å². The lowest BCUT2D eigenvalue weighted by atomic mass is 9.94. The normalized spacial score (nSPS) is 16.9. The van der Waals surface area contributed by atoms with Gasteiger partial charge in [-0.2, -0.15) is 0 Å². The van der Waals surface area contributed by atoms with Gasteiger partial charge in [-0.15, -0.1) is 0 Å². The summed E-state index contributed by atoms with van der Waals surface area (Å²) >= 11 is 0. The maximum Gasteiger partial charge on any atom is 0.0694 e. The molecule has 0 radical (unpaired) electrons. The van der Waals surface area contributed by atoms with E-state index in [0.29, 0.717) is 0 Å². The first-order valence-electron chi connectivity index (χ1n) is 7.64. The second-order valence-corrected chi connectivity index (χ2v) is 5.53. The van der Waals surface area contributed by atoms with Gasteiger partial charge in [0.1, 0.15) is 0 Å². The summed E-state index contributed by atoms with van der Waals surface area (Å²) in [7, 11) is 0. The number of hydrogen-bond donors (Lipinski definition) is 1. The monoisotopic (exact) mass is 287 g/mol. The molecule has 22 heavy (non-hydrogen) atoms. The number of aliphatic imine (C=N–C) groups is 1. The summed E-state index contributed by atoms with van der Waals surface area (Å²) in [6.07, 6.45) is 10.1. The second kappa shape index (κ2) is 5.60. The van der Waals surface area contributed by atoms with Crippen LogP contribution in [0.1, 0.15) is 24.0 Å². The van der Waals surface area contributed by atoms with E-state index in [4.69, 9.17) is 4.99 Å². The Morgan fingerprint density at radius 1 is 1.09 bits per heavy atom. The Hall–Kier alpha value is -2.68. The van der Waals surface area contributed by atoms with Crippen molar-refractivity contribution in [3.05, 3.63) is 71.7 Å². The van der Waals surface area contributed by atoms with Gasteiger partial charge in [0.15, 0.2) is 0 Å². The molecule has 1 aromatic carbocycles. The van der Waals surface area contributed by atoms with E-state index in [1.54, 1.807) is 6.20 Å². The number of nitrogens with one attached hydrogen (secondary N) is 1. The highest BCUT2D eigenvalue weighted by Crippen LogP contribution is 2.25. The maximum atomic E-state index is 4.75. The van der Waals surface area contributed by atoms with Crippen molar-refractivity contribution in [3.63, 3.8) is 0 Å². The third-order valence-electron chi connectivity index (χ3n) is 4.07. The molecule has 0 unspecified atom stereocenters. The molecule has 1 N–H and O–H groups in total. The Balaban J connectivity index is 1.81. The molecule has 1 aliphatic heterocycles. The molecule has 0 saturated carbocycles. The van der Waals surface area contributed by atoms with E-state index in [2.05, 4.69) is 46.4 Å². The Morgan fingerprint density at radius 3 is 3.00 bits per heavy atom. The molecule has 3 aromatic rings. The Kier molecular flexibility index (Phi) is 3.31. The van der Waals surface area contributed by atoms with Gasteiger partial charge in [0.2, 0.25) is 0 Å². The number of rotatable bonds is 2. The molecule has 0 aliphatic carbocycles. The van der Waals surface area contributed by atoms with Gasteiger partial charge in [0.25, 0.3) is 0 Å². The van der Waals surface area contributed by atoms with Crippen LogP contribution in [0, 0.1) is 0 Å². The minimum absolute atomic E-state index is 0.899. The van der Waals surface area contributed by atoms with E-state index >= 15 is 0 Å². The van der Waals surface area contributed by atoms with Gasteiger partial charge in [-0.1, -0.05) is 12.1 Å². The lowest BCUT2D eigenvalue weighted by Gasteiger charge is -2.16. The van der Waals surface area contributed by atoms with Gasteiger partial charge in [0.05, 0.1) is 5.71 Å². The SMILES string of the molecule is C(=C1CCCN=C1c1cccnc1)c1cccc2[nH]ccc12. The van der Waals surface area contributed by atoms with Crippen molar-refractivity contribution in [2.24, 2.45) is 4.99 Å². The minimum Gasteiger partial charge on any atom is -0.361 e. The van der Waals surface area contributed by atoms with Crippen LogP contribution < -0.4 is 0 Å². The maximum absolute atomic E-state index is 4.75. The van der Waals surface area contributed by atoms with Crippen LogP contribution in [0.2, 0.25) is 0 Å². The number of benzene rings is 1. The number of hydrogen-bond acceptors (Lipinski definition) is 2. The first-order chi connectivity index (χ1) is 10.9. The average molecular weight is 287 g/mol. The third-order valence-corrected chi connectivity index (χ3v) is 4.07. The molecule has 3 heteroatoms. The van der Waals surface area contributed by atoms with Gasteiger partial charge >= 0.3 is 0 Å². The lowest BCUT2D eigenvalue weighted by Crippen LogP contribution is -2.11. The average Bonchev–Trinajstić information content (AvgIpc) is 3.06. The summed E-state index contributed by atoms with van der Waals surface area (Å²) in [4.78, 5) is 12.2. The molecular weight excluding hydrogens is 270 g/mol. The van der Waals surface area contributed by atoms with E-state index in [9.17, 15) is 0 Å². The van der Waals surface area contributed by atoms with Crippen LogP contribution in [-0.2, 0) is 0 Å². The highest BCUT2D eigenvalue weighted by molar-refractivity contribution is 6.15. The number of aromatic amines is 1. The predicted octanol–water partition coefficient (Wildman–Crippen LogP) is 4.23. The molecule has 2 aromatic heterocycles. The van der Waals surface area contributed by atoms with Crippen LogP contribution in [0.25, 0.3) is 17.0 Å². The molecule has 3 heterocycles. The zero-order chi connectivity index (χ0) is 14.8. The standard InChI is InChI=1S/C19H17N3/c1-4-14(17-8-11-21-18(17)7-1)12-15-5-3-10-22-19(15)16-6-2-9-20-13-16/h1-2,4,6-9,11-13,21H,3,5,10H2. The van der Waals surface area contributed by atoms with Crippen molar-refractivity contribution in [3.8, 4) is 0 Å². The zero-order valence-electron chi connectivity index (χ0n) is 12.3. The third kappa shape index (κ3) is 2.35. The summed E-state index contributed by atoms with van der Waals surface area (Å²) in [6, 6.07) is 12.5. The van der Waals surface area contributed by atoms with Crippen molar-refractivity contribution in [1.29, 1.82) is 0 Å². The van der Waals surface area contributed by atoms with Crippen LogP contribution in [0.3, 0.4) is 0 Å². The minimum atomic E-state index is 0.899. The van der Waals surface area contributed by atoms with E-state index in [1.165, 1.54) is 22.0 Å². The Morgan fingerprint density at radius 2 is 2.09 bits per heavy atom. The summed E-state index contributed by atoms with van der Waals surface area (Å²) in [5, 5.41) is 1.26. The van der Waals surface area contributed by atoms with E-state index in [0.717, 1.165) is 30.7 Å². The van der Waals surface area contributed by atoms with E-state index < -0.39 is 0 Å². The fourth-order valence-electron chi connectivity index (χ4n) is 3.02. The van der Waals surface area contributed by atoms with Crippen molar-refractivity contribution in [2.75, 3.05) is 6.54 Å². The summed E-state index contributed by atoms with van der Waals surface area (Å²) in [6.45, 7) is 0.899. The molecule has 0 bridgehead atoms. The summed E-state index contributed by atoms with van der Waals surface area (Å²) in [5.74, 6) is 0. The van der Waals surface area contributed by atoms with Crippen LogP contribution in [-0.4, -0.2) is 22.2 Å². The van der Waals surface area contributed by atoms with Gasteiger partial charge in [-0.3, -0.25) is 9.98 Å². The number of allylic oxidation sites excluding steroid dienone is 1. The molecule has 0 spiro atoms. The summed E-state index contributed by atoms with van der Waals surface area (Å²) in [5.41, 5.74) is 5.91. The van der Waals surface area contributed by atoms with Gasteiger partial charge in [-0.25, -0.2) is 0 Å². The fourth-order valence-corrected chi connectivity index (χ4v) is 3.02. The molecule has 4 rings (SSSR count). The topological polar surface area (TPSA) is 41.0 Å². The molecule has 0 atom stereocenters. The molecule has 3 nitrogen and oxygen atoms in total. The van der Waals surface area contributed by atoms with Gasteiger partial charge in [0, 0.05) is 41.6 Å². The second-order valence-electron chi connectivity index (χ2n) is 5.53. The molecule has 0 saturated heterocycles. The number of fused-ring (bicyclic) bond motifs is 1. The molecule has 0 amide bonds. The fraction of sp³-hybridized carbons (Fsp3) is 0.158. The number of pyridine rings is 1. The molecule has 1 aliphatic rings. The van der Waals surface area contributed by atoms with Crippen LogP contribution >= 0.6 is 0 Å². The first kappa shape index (κ1) is 13.0. The molecular formula is C19H17N3. The smallest absolute Gasteiger partial charge is 0.0694 e. The van der Waals surface area contributed by atoms with Gasteiger partial charge < -0.3 is 4.98 Å². The first-order valence-corrected chi connectivity index (χ1v) is 7.64. The number of H-pyrrole nitrogens is 1. The highest BCUT2D eigenvalue weighted by Gasteiger charge is 2.14.